The Labute approximate surface area is 203 Å². The molecule has 0 spiro atoms. The molecule has 3 aromatic heterocycles. The summed E-state index contributed by atoms with van der Waals surface area (Å²) >= 11 is 0. The lowest BCUT2D eigenvalue weighted by molar-refractivity contribution is -0.0529. The standard InChI is InChI=1S/C26H24F3N5O2/c1-25(36)10-14(11-25)34-18-4-6-31-23(30)20(18)22(32-34)15-3-2-12-5-7-33(24(35)19(12)21(15)27)13-8-16-17(9-13)26(16,28)29/h2-7,13-14,16-17,36H,8-11H2,1H3,(H2,30,31)/t13?,14?,16-,17+,25?. The molecule has 3 heterocycles. The summed E-state index contributed by atoms with van der Waals surface area (Å²) in [6.45, 7) is 1.76. The molecule has 0 saturated heterocycles. The second kappa shape index (κ2) is 6.88. The summed E-state index contributed by atoms with van der Waals surface area (Å²) in [6, 6.07) is 6.18. The van der Waals surface area contributed by atoms with Crippen LogP contribution in [0.4, 0.5) is 19.0 Å². The molecule has 3 saturated carbocycles. The molecule has 3 aliphatic carbocycles. The van der Waals surface area contributed by atoms with Crippen LogP contribution in [0.5, 0.6) is 0 Å². The SMILES string of the molecule is CC1(O)CC(n2nc(-c3ccc4ccn(C5C[C@@H]6[C@H](C5)C6(F)F)c(=O)c4c3F)c3c(N)nccc32)C1. The molecule has 0 bridgehead atoms. The van der Waals surface area contributed by atoms with E-state index in [4.69, 9.17) is 10.8 Å². The van der Waals surface area contributed by atoms with Crippen LogP contribution in [-0.4, -0.2) is 36.0 Å². The van der Waals surface area contributed by atoms with E-state index >= 15 is 4.39 Å². The number of rotatable bonds is 3. The predicted octanol–water partition coefficient (Wildman–Crippen LogP) is 4.44. The molecule has 1 aromatic carbocycles. The lowest BCUT2D eigenvalue weighted by atomic mass is 9.77. The Balaban J connectivity index is 1.37. The Hall–Kier alpha value is -3.40. The molecule has 186 valence electrons. The molecule has 36 heavy (non-hydrogen) atoms. The van der Waals surface area contributed by atoms with Crippen molar-refractivity contribution in [1.29, 1.82) is 0 Å². The first-order valence-corrected chi connectivity index (χ1v) is 12.1. The number of halogens is 3. The quantitative estimate of drug-likeness (QED) is 0.438. The van der Waals surface area contributed by atoms with Gasteiger partial charge in [0, 0.05) is 35.8 Å². The van der Waals surface area contributed by atoms with Crippen molar-refractivity contribution in [2.45, 2.75) is 56.2 Å². The van der Waals surface area contributed by atoms with Crippen molar-refractivity contribution in [2.75, 3.05) is 5.73 Å². The van der Waals surface area contributed by atoms with E-state index in [0.717, 1.165) is 0 Å². The number of fused-ring (bicyclic) bond motifs is 3. The average Bonchev–Trinajstić information content (AvgIpc) is 3.20. The van der Waals surface area contributed by atoms with Crippen LogP contribution in [0, 0.1) is 17.7 Å². The van der Waals surface area contributed by atoms with Crippen LogP contribution in [0.3, 0.4) is 0 Å². The number of anilines is 1. The van der Waals surface area contributed by atoms with Gasteiger partial charge in [-0.1, -0.05) is 6.07 Å². The number of hydrogen-bond donors (Lipinski definition) is 2. The van der Waals surface area contributed by atoms with Crippen LogP contribution in [0.25, 0.3) is 32.9 Å². The Morgan fingerprint density at radius 1 is 1.08 bits per heavy atom. The van der Waals surface area contributed by atoms with E-state index in [1.807, 2.05) is 0 Å². The minimum Gasteiger partial charge on any atom is -0.390 e. The fourth-order valence-electron chi connectivity index (χ4n) is 6.50. The van der Waals surface area contributed by atoms with Crippen LogP contribution < -0.4 is 11.3 Å². The van der Waals surface area contributed by atoms with E-state index in [1.165, 1.54) is 4.57 Å². The third-order valence-electron chi connectivity index (χ3n) is 8.45. The van der Waals surface area contributed by atoms with Gasteiger partial charge in [0.25, 0.3) is 11.5 Å². The van der Waals surface area contributed by atoms with Gasteiger partial charge in [0.2, 0.25) is 0 Å². The van der Waals surface area contributed by atoms with E-state index in [1.54, 1.807) is 48.3 Å². The Bertz CT molecular complexity index is 1620. The highest BCUT2D eigenvalue weighted by atomic mass is 19.3. The number of aliphatic hydroxyl groups is 1. The summed E-state index contributed by atoms with van der Waals surface area (Å²) in [5.74, 6) is -4.57. The first-order valence-electron chi connectivity index (χ1n) is 12.1. The molecule has 4 aromatic rings. The molecular formula is C26H24F3N5O2. The maximum Gasteiger partial charge on any atom is 0.261 e. The highest BCUT2D eigenvalue weighted by Gasteiger charge is 2.71. The van der Waals surface area contributed by atoms with Crippen molar-refractivity contribution >= 4 is 27.5 Å². The zero-order valence-corrected chi connectivity index (χ0v) is 19.5. The van der Waals surface area contributed by atoms with Gasteiger partial charge in [-0.25, -0.2) is 18.2 Å². The smallest absolute Gasteiger partial charge is 0.261 e. The number of pyridine rings is 2. The van der Waals surface area contributed by atoms with Gasteiger partial charge < -0.3 is 15.4 Å². The summed E-state index contributed by atoms with van der Waals surface area (Å²) in [5, 5.41) is 15.7. The third-order valence-corrected chi connectivity index (χ3v) is 8.45. The summed E-state index contributed by atoms with van der Waals surface area (Å²) in [5.41, 5.74) is 5.94. The topological polar surface area (TPSA) is 99.0 Å². The number of alkyl halides is 2. The number of hydrogen-bond acceptors (Lipinski definition) is 5. The first kappa shape index (κ1) is 21.8. The average molecular weight is 496 g/mol. The first-order chi connectivity index (χ1) is 17.1. The normalized spacial score (nSPS) is 30.5. The van der Waals surface area contributed by atoms with Crippen molar-refractivity contribution in [3.05, 3.63) is 52.8 Å². The lowest BCUT2D eigenvalue weighted by Crippen LogP contribution is -2.42. The number of benzene rings is 1. The predicted molar refractivity (Wildman–Crippen MR) is 128 cm³/mol. The van der Waals surface area contributed by atoms with Crippen LogP contribution in [0.2, 0.25) is 0 Å². The second-order valence-corrected chi connectivity index (χ2v) is 10.9. The molecular weight excluding hydrogens is 471 g/mol. The lowest BCUT2D eigenvalue weighted by Gasteiger charge is -2.41. The third kappa shape index (κ3) is 2.87. The minimum absolute atomic E-state index is 0.0780. The van der Waals surface area contributed by atoms with Gasteiger partial charge in [-0.15, -0.1) is 0 Å². The Kier molecular flexibility index (Phi) is 4.17. The van der Waals surface area contributed by atoms with Crippen LogP contribution >= 0.6 is 0 Å². The number of aromatic nitrogens is 4. The van der Waals surface area contributed by atoms with Crippen molar-refractivity contribution in [2.24, 2.45) is 11.8 Å². The monoisotopic (exact) mass is 495 g/mol. The van der Waals surface area contributed by atoms with Gasteiger partial charge in [-0.2, -0.15) is 5.10 Å². The van der Waals surface area contributed by atoms with Gasteiger partial charge >= 0.3 is 0 Å². The molecule has 3 aliphatic rings. The number of nitrogens with two attached hydrogens (primary N) is 1. The summed E-state index contributed by atoms with van der Waals surface area (Å²) in [7, 11) is 0. The molecule has 10 heteroatoms. The molecule has 7 rings (SSSR count). The molecule has 3 N–H and O–H groups in total. The zero-order chi connectivity index (χ0) is 25.1. The van der Waals surface area contributed by atoms with E-state index in [9.17, 15) is 18.7 Å². The van der Waals surface area contributed by atoms with Gasteiger partial charge in [-0.05, 0) is 56.2 Å². The van der Waals surface area contributed by atoms with E-state index in [-0.39, 0.29) is 47.4 Å². The highest BCUT2D eigenvalue weighted by Crippen LogP contribution is 2.66. The Morgan fingerprint density at radius 2 is 1.81 bits per heavy atom. The second-order valence-electron chi connectivity index (χ2n) is 10.9. The van der Waals surface area contributed by atoms with Crippen molar-refractivity contribution in [1.82, 2.24) is 19.3 Å². The van der Waals surface area contributed by atoms with Gasteiger partial charge in [0.15, 0.2) is 0 Å². The zero-order valence-electron chi connectivity index (χ0n) is 19.5. The summed E-state index contributed by atoms with van der Waals surface area (Å²) in [6.07, 6.45) is 4.56. The Morgan fingerprint density at radius 3 is 2.50 bits per heavy atom. The van der Waals surface area contributed by atoms with E-state index in [2.05, 4.69) is 4.98 Å². The molecule has 3 atom stereocenters. The van der Waals surface area contributed by atoms with Crippen molar-refractivity contribution in [3.63, 3.8) is 0 Å². The van der Waals surface area contributed by atoms with Gasteiger partial charge in [0.05, 0.1) is 27.9 Å². The largest absolute Gasteiger partial charge is 0.390 e. The summed E-state index contributed by atoms with van der Waals surface area (Å²) in [4.78, 5) is 17.6. The highest BCUT2D eigenvalue weighted by molar-refractivity contribution is 6.02. The molecule has 0 aliphatic heterocycles. The molecule has 0 amide bonds. The molecule has 7 nitrogen and oxygen atoms in total. The summed E-state index contributed by atoms with van der Waals surface area (Å²) < 4.78 is 46.6. The van der Waals surface area contributed by atoms with Gasteiger partial charge in [-0.3, -0.25) is 9.48 Å². The van der Waals surface area contributed by atoms with Crippen molar-refractivity contribution in [3.8, 4) is 11.3 Å². The molecule has 1 unspecified atom stereocenters. The fraction of sp³-hybridized carbons (Fsp3) is 0.423. The van der Waals surface area contributed by atoms with Crippen LogP contribution in [-0.2, 0) is 0 Å². The fourth-order valence-corrected chi connectivity index (χ4v) is 6.50. The number of nitrogens with zero attached hydrogens (tertiary/aromatic N) is 4. The van der Waals surface area contributed by atoms with Crippen LogP contribution in [0.15, 0.2) is 41.5 Å². The minimum atomic E-state index is -2.64. The van der Waals surface area contributed by atoms with E-state index in [0.29, 0.717) is 29.1 Å². The van der Waals surface area contributed by atoms with Crippen LogP contribution in [0.1, 0.15) is 44.7 Å². The van der Waals surface area contributed by atoms with Gasteiger partial charge in [0.1, 0.15) is 17.3 Å². The maximum absolute atomic E-state index is 16.1. The molecule has 0 radical (unpaired) electrons. The van der Waals surface area contributed by atoms with E-state index < -0.39 is 34.7 Å². The molecule has 3 fully saturated rings. The van der Waals surface area contributed by atoms with Crippen molar-refractivity contribution < 1.29 is 18.3 Å². The number of nitrogen functional groups attached to an aromatic ring is 1. The maximum atomic E-state index is 16.1.